The van der Waals surface area contributed by atoms with Crippen molar-refractivity contribution in [1.82, 2.24) is 16.0 Å². The van der Waals surface area contributed by atoms with Gasteiger partial charge in [0, 0.05) is 42.9 Å². The van der Waals surface area contributed by atoms with E-state index in [0.717, 1.165) is 36.5 Å². The van der Waals surface area contributed by atoms with Crippen LogP contribution >= 0.6 is 0 Å². The first kappa shape index (κ1) is 50.3. The number of amides is 3. The first-order valence-corrected chi connectivity index (χ1v) is 16.7. The highest BCUT2D eigenvalue weighted by Crippen LogP contribution is 2.14. The van der Waals surface area contributed by atoms with Crippen molar-refractivity contribution in [2.24, 2.45) is 0 Å². The molecule has 0 aromatic heterocycles. The van der Waals surface area contributed by atoms with E-state index in [0.29, 0.717) is 0 Å². The Morgan fingerprint density at radius 3 is 1.04 bits per heavy atom. The van der Waals surface area contributed by atoms with E-state index >= 15 is 0 Å². The summed E-state index contributed by atoms with van der Waals surface area (Å²) in [7, 11) is 0. The number of ether oxygens (including phenoxy) is 8. The quantitative estimate of drug-likeness (QED) is 0.0601. The normalized spacial score (nSPS) is 11.3. The summed E-state index contributed by atoms with van der Waals surface area (Å²) < 4.78 is 40.9. The second-order valence-electron chi connectivity index (χ2n) is 12.5. The molecule has 314 valence electrons. The number of rotatable bonds is 27. The summed E-state index contributed by atoms with van der Waals surface area (Å²) >= 11 is 0. The molecule has 57 heavy (non-hydrogen) atoms. The van der Waals surface area contributed by atoms with Crippen molar-refractivity contribution < 1.29 is 81.0 Å². The van der Waals surface area contributed by atoms with Crippen LogP contribution in [-0.2, 0) is 71.5 Å². The Morgan fingerprint density at radius 1 is 0.456 bits per heavy atom. The number of carbonyl (C=O) groups excluding carboxylic acids is 9. The van der Waals surface area contributed by atoms with Gasteiger partial charge in [-0.3, -0.25) is 4.79 Å². The molecule has 0 fully saturated rings. The summed E-state index contributed by atoms with van der Waals surface area (Å²) in [6.45, 7) is 20.0. The molecule has 1 atom stereocenters. The van der Waals surface area contributed by atoms with E-state index in [1.54, 1.807) is 0 Å². The van der Waals surface area contributed by atoms with Gasteiger partial charge in [-0.05, 0) is 27.2 Å². The predicted octanol–water partition coefficient (Wildman–Crippen LogP) is 1.36. The molecule has 3 amide bonds. The van der Waals surface area contributed by atoms with Crippen molar-refractivity contribution >= 4 is 53.9 Å². The van der Waals surface area contributed by atoms with Crippen molar-refractivity contribution in [2.75, 3.05) is 46.2 Å². The van der Waals surface area contributed by atoms with Crippen LogP contribution in [0.15, 0.2) is 75.9 Å². The molecule has 0 heterocycles. The van der Waals surface area contributed by atoms with Crippen LogP contribution in [0.4, 0.5) is 9.59 Å². The standard InChI is InChI=1S/C37H49N3O17/c1-10-27(42)51-19-35(7,20-52-28(43)11-2)38-26(41)17-16-25(57-34(49)40-37(9,23-55-31(46)14-5)24-56-32(47)15-6)18-50-33(48)39-36(8,21-53-29(44)12-3)22-54-30(45)13-4/h10-15,25H,1-6,16-24H2,7-9H3,(H,38,41)(H,39,48)(H,40,49). The molecule has 0 bridgehead atoms. The lowest BCUT2D eigenvalue weighted by atomic mass is 10.0. The van der Waals surface area contributed by atoms with E-state index < -0.39 is 129 Å². The van der Waals surface area contributed by atoms with Crippen LogP contribution in [0.3, 0.4) is 0 Å². The highest BCUT2D eigenvalue weighted by atomic mass is 16.6. The number of nitrogens with one attached hydrogen (secondary N) is 3. The first-order chi connectivity index (χ1) is 26.7. The molecule has 0 aromatic rings. The fraction of sp³-hybridized carbons (Fsp3) is 0.432. The highest BCUT2D eigenvalue weighted by molar-refractivity contribution is 5.83. The maximum absolute atomic E-state index is 13.2. The van der Waals surface area contributed by atoms with Gasteiger partial charge in [-0.1, -0.05) is 39.5 Å². The second-order valence-corrected chi connectivity index (χ2v) is 12.5. The molecule has 0 saturated heterocycles. The molecule has 0 saturated carbocycles. The zero-order valence-electron chi connectivity index (χ0n) is 32.1. The van der Waals surface area contributed by atoms with E-state index in [-0.39, 0.29) is 6.42 Å². The van der Waals surface area contributed by atoms with Crippen LogP contribution in [0.1, 0.15) is 33.6 Å². The third kappa shape index (κ3) is 22.3. The Balaban J connectivity index is 6.29. The molecule has 1 unspecified atom stereocenters. The Hall–Kier alpha value is -6.73. The van der Waals surface area contributed by atoms with E-state index in [4.69, 9.17) is 37.9 Å². The topological polar surface area (TPSA) is 264 Å². The molecular formula is C37H49N3O17. The molecule has 0 aliphatic heterocycles. The monoisotopic (exact) mass is 807 g/mol. The number of hydrogen-bond donors (Lipinski definition) is 3. The van der Waals surface area contributed by atoms with Gasteiger partial charge in [0.05, 0.1) is 0 Å². The number of hydrogen-bond acceptors (Lipinski definition) is 17. The maximum atomic E-state index is 13.2. The van der Waals surface area contributed by atoms with Crippen LogP contribution in [0.25, 0.3) is 0 Å². The summed E-state index contributed by atoms with van der Waals surface area (Å²) in [5.41, 5.74) is -4.64. The zero-order chi connectivity index (χ0) is 43.7. The van der Waals surface area contributed by atoms with Crippen LogP contribution < -0.4 is 16.0 Å². The van der Waals surface area contributed by atoms with Crippen molar-refractivity contribution in [3.63, 3.8) is 0 Å². The average Bonchev–Trinajstić information content (AvgIpc) is 3.19. The summed E-state index contributed by atoms with van der Waals surface area (Å²) in [6.07, 6.45) is 0.586. The highest BCUT2D eigenvalue weighted by Gasteiger charge is 2.35. The average molecular weight is 808 g/mol. The molecule has 0 aliphatic rings. The van der Waals surface area contributed by atoms with Gasteiger partial charge in [-0.25, -0.2) is 38.4 Å². The van der Waals surface area contributed by atoms with Crippen LogP contribution in [0, 0.1) is 0 Å². The lowest BCUT2D eigenvalue weighted by Crippen LogP contribution is -2.55. The van der Waals surface area contributed by atoms with Gasteiger partial charge in [-0.15, -0.1) is 0 Å². The molecular weight excluding hydrogens is 758 g/mol. The van der Waals surface area contributed by atoms with Crippen molar-refractivity contribution in [2.45, 2.75) is 56.3 Å². The Kier molecular flexibility index (Phi) is 22.4. The van der Waals surface area contributed by atoms with E-state index in [9.17, 15) is 43.2 Å². The van der Waals surface area contributed by atoms with E-state index in [1.807, 2.05) is 0 Å². The minimum absolute atomic E-state index is 0.347. The molecule has 20 heteroatoms. The third-order valence-corrected chi connectivity index (χ3v) is 6.81. The lowest BCUT2D eigenvalue weighted by Gasteiger charge is -2.31. The zero-order valence-corrected chi connectivity index (χ0v) is 32.1. The van der Waals surface area contributed by atoms with Gasteiger partial charge >= 0.3 is 48.0 Å². The summed E-state index contributed by atoms with van der Waals surface area (Å²) in [5.74, 6) is -5.86. The lowest BCUT2D eigenvalue weighted by molar-refractivity contribution is -0.147. The molecule has 0 aliphatic carbocycles. The number of alkyl carbamates (subject to hydrolysis) is 2. The number of esters is 6. The van der Waals surface area contributed by atoms with Gasteiger partial charge in [0.15, 0.2) is 0 Å². The Bertz CT molecular complexity index is 1400. The maximum Gasteiger partial charge on any atom is 0.408 e. The fourth-order valence-electron chi connectivity index (χ4n) is 3.82. The predicted molar refractivity (Wildman–Crippen MR) is 197 cm³/mol. The Morgan fingerprint density at radius 2 is 0.737 bits per heavy atom. The first-order valence-electron chi connectivity index (χ1n) is 16.7. The summed E-state index contributed by atoms with van der Waals surface area (Å²) in [6, 6.07) is 0. The van der Waals surface area contributed by atoms with Gasteiger partial charge in [0.2, 0.25) is 5.91 Å². The van der Waals surface area contributed by atoms with Gasteiger partial charge in [0.1, 0.15) is 69.0 Å². The molecule has 3 N–H and O–H groups in total. The van der Waals surface area contributed by atoms with Crippen molar-refractivity contribution in [1.29, 1.82) is 0 Å². The largest absolute Gasteiger partial charge is 0.460 e. The smallest absolute Gasteiger partial charge is 0.408 e. The fourth-order valence-corrected chi connectivity index (χ4v) is 3.82. The van der Waals surface area contributed by atoms with Crippen LogP contribution in [0.2, 0.25) is 0 Å². The van der Waals surface area contributed by atoms with Crippen LogP contribution in [-0.4, -0.2) is 123 Å². The van der Waals surface area contributed by atoms with Gasteiger partial charge in [-0.2, -0.15) is 0 Å². The van der Waals surface area contributed by atoms with Crippen LogP contribution in [0.5, 0.6) is 0 Å². The van der Waals surface area contributed by atoms with E-state index in [1.165, 1.54) is 20.8 Å². The second kappa shape index (κ2) is 25.4. The summed E-state index contributed by atoms with van der Waals surface area (Å²) in [4.78, 5) is 110. The minimum atomic E-state index is -1.60. The molecule has 0 rings (SSSR count). The van der Waals surface area contributed by atoms with Gasteiger partial charge < -0.3 is 53.8 Å². The van der Waals surface area contributed by atoms with Crippen molar-refractivity contribution in [3.8, 4) is 0 Å². The SMILES string of the molecule is C=CC(=O)OCC(C)(COC(=O)C=C)NC(=O)CCC(COC(=O)NC(C)(COC(=O)C=C)COC(=O)C=C)OC(=O)NC(C)(COC(=O)C=C)COC(=O)C=C. The Labute approximate surface area is 329 Å². The van der Waals surface area contributed by atoms with Crippen molar-refractivity contribution in [3.05, 3.63) is 75.9 Å². The number of carbonyl (C=O) groups is 9. The molecule has 0 spiro atoms. The third-order valence-electron chi connectivity index (χ3n) is 6.81. The van der Waals surface area contributed by atoms with E-state index in [2.05, 4.69) is 55.4 Å². The molecule has 0 radical (unpaired) electrons. The minimum Gasteiger partial charge on any atom is -0.460 e. The molecule has 0 aromatic carbocycles. The van der Waals surface area contributed by atoms with Gasteiger partial charge in [0.25, 0.3) is 0 Å². The summed E-state index contributed by atoms with van der Waals surface area (Å²) in [5, 5.41) is 7.35. The molecule has 20 nitrogen and oxygen atoms in total.